The Bertz CT molecular complexity index is 500. The summed E-state index contributed by atoms with van der Waals surface area (Å²) in [7, 11) is 0. The summed E-state index contributed by atoms with van der Waals surface area (Å²) >= 11 is 0. The van der Waals surface area contributed by atoms with E-state index in [1.165, 1.54) is 6.92 Å². The lowest BCUT2D eigenvalue weighted by molar-refractivity contribution is -0.131. The second-order valence-corrected chi connectivity index (χ2v) is 4.52. The van der Waals surface area contributed by atoms with Gasteiger partial charge in [-0.25, -0.2) is 0 Å². The third-order valence-corrected chi connectivity index (χ3v) is 2.99. The molecule has 0 saturated heterocycles. The quantitative estimate of drug-likeness (QED) is 0.640. The minimum Gasteiger partial charge on any atom is -0.427 e. The lowest BCUT2D eigenvalue weighted by atomic mass is 9.97. The van der Waals surface area contributed by atoms with E-state index in [1.54, 1.807) is 12.1 Å². The molecule has 0 aliphatic carbocycles. The van der Waals surface area contributed by atoms with Gasteiger partial charge in [-0.15, -0.1) is 0 Å². The number of hydrogen-bond donors (Lipinski definition) is 1. The molecule has 0 spiro atoms. The average Bonchev–Trinajstić information content (AvgIpc) is 2.33. The first-order valence-electron chi connectivity index (χ1n) is 6.01. The molecule has 1 atom stereocenters. The fourth-order valence-electron chi connectivity index (χ4n) is 1.84. The predicted molar refractivity (Wildman–Crippen MR) is 71.8 cm³/mol. The summed E-state index contributed by atoms with van der Waals surface area (Å²) in [5.74, 6) is 0.726. The van der Waals surface area contributed by atoms with Gasteiger partial charge in [-0.3, -0.25) is 4.79 Å². The lowest BCUT2D eigenvalue weighted by Gasteiger charge is -2.23. The van der Waals surface area contributed by atoms with Gasteiger partial charge >= 0.3 is 5.97 Å². The number of carbonyl (C=O) groups is 1. The van der Waals surface area contributed by atoms with Crippen LogP contribution in [0.3, 0.4) is 0 Å². The van der Waals surface area contributed by atoms with E-state index < -0.39 is 0 Å². The van der Waals surface area contributed by atoms with Crippen molar-refractivity contribution in [1.29, 1.82) is 0 Å². The van der Waals surface area contributed by atoms with E-state index in [9.17, 15) is 4.79 Å². The lowest BCUT2D eigenvalue weighted by Crippen LogP contribution is -2.20. The standard InChI is InChI=1S/C15H17NO2/c1-10-4-9-15(16-11(10)2)13-5-7-14(8-6-13)18-12(3)17/h5-10,16H,2,4H2,1,3H3. The average molecular weight is 243 g/mol. The molecule has 94 valence electrons. The van der Waals surface area contributed by atoms with Gasteiger partial charge in [0.25, 0.3) is 0 Å². The fraction of sp³-hybridized carbons (Fsp3) is 0.267. The predicted octanol–water partition coefficient (Wildman–Crippen LogP) is 3.10. The van der Waals surface area contributed by atoms with Gasteiger partial charge in [0, 0.05) is 18.3 Å². The molecule has 1 aliphatic heterocycles. The summed E-state index contributed by atoms with van der Waals surface area (Å²) in [4.78, 5) is 10.8. The van der Waals surface area contributed by atoms with Crippen molar-refractivity contribution in [3.05, 3.63) is 48.2 Å². The van der Waals surface area contributed by atoms with Crippen molar-refractivity contribution in [2.24, 2.45) is 5.92 Å². The molecule has 2 rings (SSSR count). The van der Waals surface area contributed by atoms with Gasteiger partial charge < -0.3 is 10.1 Å². The highest BCUT2D eigenvalue weighted by atomic mass is 16.5. The Morgan fingerprint density at radius 2 is 2.06 bits per heavy atom. The molecular weight excluding hydrogens is 226 g/mol. The van der Waals surface area contributed by atoms with Crippen LogP contribution >= 0.6 is 0 Å². The molecule has 0 aromatic heterocycles. The van der Waals surface area contributed by atoms with E-state index in [2.05, 4.69) is 24.9 Å². The molecule has 0 bridgehead atoms. The molecular formula is C15H17NO2. The summed E-state index contributed by atoms with van der Waals surface area (Å²) < 4.78 is 5.00. The van der Waals surface area contributed by atoms with Crippen molar-refractivity contribution < 1.29 is 9.53 Å². The summed E-state index contributed by atoms with van der Waals surface area (Å²) in [6.45, 7) is 7.55. The largest absolute Gasteiger partial charge is 0.427 e. The molecule has 1 aromatic carbocycles. The molecule has 1 aliphatic rings. The van der Waals surface area contributed by atoms with E-state index in [0.29, 0.717) is 11.7 Å². The van der Waals surface area contributed by atoms with Crippen molar-refractivity contribution in [2.75, 3.05) is 0 Å². The number of ether oxygens (including phenoxy) is 1. The van der Waals surface area contributed by atoms with E-state index in [1.807, 2.05) is 12.1 Å². The Morgan fingerprint density at radius 1 is 1.39 bits per heavy atom. The molecule has 1 unspecified atom stereocenters. The van der Waals surface area contributed by atoms with Gasteiger partial charge in [-0.05, 0) is 42.2 Å². The fourth-order valence-corrected chi connectivity index (χ4v) is 1.84. The molecule has 18 heavy (non-hydrogen) atoms. The van der Waals surface area contributed by atoms with Crippen LogP contribution in [0.5, 0.6) is 5.75 Å². The molecule has 0 amide bonds. The van der Waals surface area contributed by atoms with E-state index >= 15 is 0 Å². The van der Waals surface area contributed by atoms with Crippen LogP contribution < -0.4 is 10.1 Å². The second-order valence-electron chi connectivity index (χ2n) is 4.52. The van der Waals surface area contributed by atoms with E-state index in [4.69, 9.17) is 4.74 Å². The van der Waals surface area contributed by atoms with Crippen LogP contribution in [-0.4, -0.2) is 5.97 Å². The first-order valence-corrected chi connectivity index (χ1v) is 6.01. The number of allylic oxidation sites excluding steroid dienone is 2. The molecule has 1 N–H and O–H groups in total. The number of esters is 1. The highest BCUT2D eigenvalue weighted by Crippen LogP contribution is 2.25. The maximum Gasteiger partial charge on any atom is 0.308 e. The van der Waals surface area contributed by atoms with Gasteiger partial charge in [-0.1, -0.05) is 19.6 Å². The van der Waals surface area contributed by atoms with Crippen LogP contribution in [0.1, 0.15) is 25.8 Å². The first-order chi connectivity index (χ1) is 8.56. The van der Waals surface area contributed by atoms with Crippen LogP contribution in [-0.2, 0) is 4.79 Å². The van der Waals surface area contributed by atoms with Crippen molar-refractivity contribution in [3.63, 3.8) is 0 Å². The zero-order valence-electron chi connectivity index (χ0n) is 10.7. The Labute approximate surface area is 107 Å². The number of nitrogens with one attached hydrogen (secondary N) is 1. The topological polar surface area (TPSA) is 38.3 Å². The summed E-state index contributed by atoms with van der Waals surface area (Å²) in [6, 6.07) is 7.45. The van der Waals surface area contributed by atoms with Gasteiger partial charge in [-0.2, -0.15) is 0 Å². The third kappa shape index (κ3) is 2.80. The van der Waals surface area contributed by atoms with Crippen molar-refractivity contribution in [3.8, 4) is 5.75 Å². The molecule has 0 fully saturated rings. The first kappa shape index (κ1) is 12.4. The molecule has 1 heterocycles. The van der Waals surface area contributed by atoms with Crippen LogP contribution in [0, 0.1) is 5.92 Å². The molecule has 0 saturated carbocycles. The maximum atomic E-state index is 10.8. The molecule has 1 aromatic rings. The molecule has 0 radical (unpaired) electrons. The summed E-state index contributed by atoms with van der Waals surface area (Å²) in [5, 5.41) is 3.30. The second kappa shape index (κ2) is 5.08. The smallest absolute Gasteiger partial charge is 0.308 e. The Kier molecular flexibility index (Phi) is 3.51. The zero-order chi connectivity index (χ0) is 13.1. The highest BCUT2D eigenvalue weighted by Gasteiger charge is 2.14. The summed E-state index contributed by atoms with van der Waals surface area (Å²) in [6.07, 6.45) is 3.16. The van der Waals surface area contributed by atoms with Gasteiger partial charge in [0.05, 0.1) is 0 Å². The van der Waals surface area contributed by atoms with Crippen LogP contribution in [0.15, 0.2) is 42.6 Å². The van der Waals surface area contributed by atoms with Gasteiger partial charge in [0.1, 0.15) is 5.75 Å². The zero-order valence-corrected chi connectivity index (χ0v) is 10.7. The van der Waals surface area contributed by atoms with Crippen molar-refractivity contribution in [2.45, 2.75) is 20.3 Å². The van der Waals surface area contributed by atoms with E-state index in [-0.39, 0.29) is 5.97 Å². The van der Waals surface area contributed by atoms with Crippen LogP contribution in [0.2, 0.25) is 0 Å². The number of rotatable bonds is 2. The van der Waals surface area contributed by atoms with E-state index in [0.717, 1.165) is 23.4 Å². The minimum absolute atomic E-state index is 0.306. The normalized spacial score (nSPS) is 18.9. The highest BCUT2D eigenvalue weighted by molar-refractivity contribution is 5.70. The van der Waals surface area contributed by atoms with Gasteiger partial charge in [0.15, 0.2) is 0 Å². The van der Waals surface area contributed by atoms with Crippen LogP contribution in [0.4, 0.5) is 0 Å². The Balaban J connectivity index is 2.15. The molecule has 3 heteroatoms. The van der Waals surface area contributed by atoms with Crippen molar-refractivity contribution in [1.82, 2.24) is 5.32 Å². The number of hydrogen-bond acceptors (Lipinski definition) is 3. The maximum absolute atomic E-state index is 10.8. The Morgan fingerprint density at radius 3 is 2.61 bits per heavy atom. The SMILES string of the molecule is C=C1NC(c2ccc(OC(C)=O)cc2)=CCC1C. The minimum atomic E-state index is -0.306. The van der Waals surface area contributed by atoms with Crippen LogP contribution in [0.25, 0.3) is 5.70 Å². The number of benzene rings is 1. The van der Waals surface area contributed by atoms with Crippen molar-refractivity contribution >= 4 is 11.7 Å². The summed E-state index contributed by atoms with van der Waals surface area (Å²) in [5.41, 5.74) is 3.17. The third-order valence-electron chi connectivity index (χ3n) is 2.99. The Hall–Kier alpha value is -2.03. The number of carbonyl (C=O) groups excluding carboxylic acids is 1. The molecule has 3 nitrogen and oxygen atoms in total. The monoisotopic (exact) mass is 243 g/mol. The van der Waals surface area contributed by atoms with Gasteiger partial charge in [0.2, 0.25) is 0 Å².